The van der Waals surface area contributed by atoms with Crippen LogP contribution in [-0.2, 0) is 11.2 Å². The van der Waals surface area contributed by atoms with Crippen molar-refractivity contribution in [2.75, 3.05) is 24.7 Å². The molecular weight excluding hydrogens is 304 g/mol. The highest BCUT2D eigenvalue weighted by atomic mass is 16.5. The lowest BCUT2D eigenvalue weighted by Crippen LogP contribution is -2.29. The predicted molar refractivity (Wildman–Crippen MR) is 90.6 cm³/mol. The fourth-order valence-electron chi connectivity index (χ4n) is 3.24. The lowest BCUT2D eigenvalue weighted by Gasteiger charge is -2.18. The molecule has 0 saturated carbocycles. The van der Waals surface area contributed by atoms with Crippen molar-refractivity contribution in [1.29, 1.82) is 0 Å². The molecule has 0 unspecified atom stereocenters. The number of aryl methyl sites for hydroxylation is 1. The summed E-state index contributed by atoms with van der Waals surface area (Å²) in [4.78, 5) is 19.0. The second kappa shape index (κ2) is 6.24. The molecule has 0 N–H and O–H groups in total. The van der Waals surface area contributed by atoms with Crippen LogP contribution in [0.15, 0.2) is 36.5 Å². The second-order valence-corrected chi connectivity index (χ2v) is 6.33. The highest BCUT2D eigenvalue weighted by Crippen LogP contribution is 2.30. The molecule has 2 aliphatic heterocycles. The Labute approximate surface area is 141 Å². The quantitative estimate of drug-likeness (QED) is 0.871. The number of carbonyl (C=O) groups excluding carboxylic acids is 1. The van der Waals surface area contributed by atoms with Gasteiger partial charge in [0.2, 0.25) is 5.88 Å². The maximum absolute atomic E-state index is 12.9. The second-order valence-electron chi connectivity index (χ2n) is 6.33. The van der Waals surface area contributed by atoms with Gasteiger partial charge in [0.1, 0.15) is 6.10 Å². The molecule has 24 heavy (non-hydrogen) atoms. The Hall–Kier alpha value is -2.40. The highest BCUT2D eigenvalue weighted by Gasteiger charge is 2.26. The van der Waals surface area contributed by atoms with Crippen LogP contribution in [-0.4, -0.2) is 36.8 Å². The van der Waals surface area contributed by atoms with Gasteiger partial charge in [-0.3, -0.25) is 4.79 Å². The summed E-state index contributed by atoms with van der Waals surface area (Å²) in [5.41, 5.74) is 4.01. The van der Waals surface area contributed by atoms with E-state index in [4.69, 9.17) is 9.47 Å². The minimum Gasteiger partial charge on any atom is -0.472 e. The third-order valence-electron chi connectivity index (χ3n) is 4.54. The molecule has 3 heterocycles. The Bertz CT molecular complexity index is 769. The van der Waals surface area contributed by atoms with Gasteiger partial charge in [-0.2, -0.15) is 0 Å². The Morgan fingerprint density at radius 3 is 3.08 bits per heavy atom. The third kappa shape index (κ3) is 2.87. The van der Waals surface area contributed by atoms with Crippen molar-refractivity contribution in [3.63, 3.8) is 0 Å². The van der Waals surface area contributed by atoms with Crippen molar-refractivity contribution in [2.45, 2.75) is 25.9 Å². The molecule has 1 fully saturated rings. The zero-order valence-electron chi connectivity index (χ0n) is 13.7. The predicted octanol–water partition coefficient (Wildman–Crippen LogP) is 2.76. The molecule has 1 aromatic carbocycles. The van der Waals surface area contributed by atoms with E-state index in [1.54, 1.807) is 18.3 Å². The van der Waals surface area contributed by atoms with Crippen molar-refractivity contribution in [3.05, 3.63) is 53.2 Å². The van der Waals surface area contributed by atoms with Gasteiger partial charge in [-0.15, -0.1) is 0 Å². The van der Waals surface area contributed by atoms with Crippen LogP contribution >= 0.6 is 0 Å². The van der Waals surface area contributed by atoms with E-state index in [1.807, 2.05) is 11.8 Å². The van der Waals surface area contributed by atoms with Crippen molar-refractivity contribution in [3.8, 4) is 5.88 Å². The number of anilines is 1. The average molecular weight is 324 g/mol. The maximum atomic E-state index is 12.9. The first-order valence-electron chi connectivity index (χ1n) is 8.32. The monoisotopic (exact) mass is 324 g/mol. The number of benzene rings is 1. The molecule has 1 aromatic heterocycles. The largest absolute Gasteiger partial charge is 0.472 e. The molecule has 0 bridgehead atoms. The van der Waals surface area contributed by atoms with E-state index in [0.717, 1.165) is 24.1 Å². The normalized spacial score (nSPS) is 19.4. The maximum Gasteiger partial charge on any atom is 0.258 e. The van der Waals surface area contributed by atoms with Gasteiger partial charge in [0.15, 0.2) is 0 Å². The number of ether oxygens (including phenoxy) is 2. The molecule has 1 saturated heterocycles. The van der Waals surface area contributed by atoms with Crippen LogP contribution in [0, 0.1) is 6.92 Å². The topological polar surface area (TPSA) is 51.7 Å². The fourth-order valence-corrected chi connectivity index (χ4v) is 3.24. The molecule has 124 valence electrons. The molecule has 2 aromatic rings. The zero-order valence-corrected chi connectivity index (χ0v) is 13.7. The van der Waals surface area contributed by atoms with Gasteiger partial charge >= 0.3 is 0 Å². The van der Waals surface area contributed by atoms with E-state index in [1.165, 1.54) is 5.56 Å². The Morgan fingerprint density at radius 1 is 1.33 bits per heavy atom. The fraction of sp³-hybridized carbons (Fsp3) is 0.368. The first kappa shape index (κ1) is 15.1. The summed E-state index contributed by atoms with van der Waals surface area (Å²) < 4.78 is 11.1. The molecule has 2 aliphatic rings. The standard InChI is InChI=1S/C19H20N2O3/c1-13-2-3-14-5-8-21(17(14)10-13)19(22)15-4-7-20-18(11-15)24-16-6-9-23-12-16/h2-4,7,10-11,16H,5-6,8-9,12H2,1H3/t16-/m1/s1. The lowest BCUT2D eigenvalue weighted by molar-refractivity contribution is 0.0987. The zero-order chi connectivity index (χ0) is 16.5. The summed E-state index contributed by atoms with van der Waals surface area (Å²) in [6.07, 6.45) is 3.41. The summed E-state index contributed by atoms with van der Waals surface area (Å²) in [5, 5.41) is 0. The van der Waals surface area contributed by atoms with E-state index < -0.39 is 0 Å². The summed E-state index contributed by atoms with van der Waals surface area (Å²) in [7, 11) is 0. The summed E-state index contributed by atoms with van der Waals surface area (Å²) >= 11 is 0. The van der Waals surface area contributed by atoms with Gasteiger partial charge in [-0.1, -0.05) is 12.1 Å². The van der Waals surface area contributed by atoms with E-state index >= 15 is 0 Å². The number of fused-ring (bicyclic) bond motifs is 1. The Morgan fingerprint density at radius 2 is 2.25 bits per heavy atom. The molecule has 0 spiro atoms. The minimum absolute atomic E-state index is 0.00530. The van der Waals surface area contributed by atoms with Crippen molar-refractivity contribution < 1.29 is 14.3 Å². The summed E-state index contributed by atoms with van der Waals surface area (Å²) in [5.74, 6) is 0.481. The van der Waals surface area contributed by atoms with Crippen LogP contribution in [0.5, 0.6) is 5.88 Å². The van der Waals surface area contributed by atoms with Gasteiger partial charge in [0.05, 0.1) is 13.2 Å². The van der Waals surface area contributed by atoms with Crippen LogP contribution in [0.1, 0.15) is 27.9 Å². The number of pyridine rings is 1. The number of carbonyl (C=O) groups is 1. The van der Waals surface area contributed by atoms with Crippen LogP contribution in [0.25, 0.3) is 0 Å². The first-order valence-corrected chi connectivity index (χ1v) is 8.32. The molecule has 5 nitrogen and oxygen atoms in total. The number of amides is 1. The third-order valence-corrected chi connectivity index (χ3v) is 4.54. The Balaban J connectivity index is 1.56. The number of nitrogens with zero attached hydrogens (tertiary/aromatic N) is 2. The molecule has 0 aliphatic carbocycles. The smallest absolute Gasteiger partial charge is 0.258 e. The van der Waals surface area contributed by atoms with E-state index in [2.05, 4.69) is 23.2 Å². The van der Waals surface area contributed by atoms with E-state index in [9.17, 15) is 4.79 Å². The lowest BCUT2D eigenvalue weighted by atomic mass is 10.1. The number of rotatable bonds is 3. The SMILES string of the molecule is Cc1ccc2c(c1)N(C(=O)c1ccnc(O[C@@H]3CCOC3)c1)CC2. The summed E-state index contributed by atoms with van der Waals surface area (Å²) in [6, 6.07) is 9.76. The first-order chi connectivity index (χ1) is 11.7. The van der Waals surface area contributed by atoms with E-state index in [0.29, 0.717) is 31.2 Å². The molecule has 1 amide bonds. The minimum atomic E-state index is -0.00530. The average Bonchev–Trinajstić information content (AvgIpc) is 3.23. The van der Waals surface area contributed by atoms with E-state index in [-0.39, 0.29) is 12.0 Å². The summed E-state index contributed by atoms with van der Waals surface area (Å²) in [6.45, 7) is 4.06. The number of hydrogen-bond donors (Lipinski definition) is 0. The van der Waals surface area contributed by atoms with Gasteiger partial charge in [-0.25, -0.2) is 4.98 Å². The van der Waals surface area contributed by atoms with Crippen LogP contribution in [0.3, 0.4) is 0 Å². The number of hydrogen-bond acceptors (Lipinski definition) is 4. The molecule has 4 rings (SSSR count). The van der Waals surface area contributed by atoms with Gasteiger partial charge in [-0.05, 0) is 36.6 Å². The molecule has 5 heteroatoms. The van der Waals surface area contributed by atoms with Crippen molar-refractivity contribution >= 4 is 11.6 Å². The van der Waals surface area contributed by atoms with Gasteiger partial charge < -0.3 is 14.4 Å². The van der Waals surface area contributed by atoms with Gasteiger partial charge in [0.25, 0.3) is 5.91 Å². The van der Waals surface area contributed by atoms with Crippen LogP contribution < -0.4 is 9.64 Å². The molecule has 1 atom stereocenters. The van der Waals surface area contributed by atoms with Crippen LogP contribution in [0.2, 0.25) is 0 Å². The number of aromatic nitrogens is 1. The molecule has 0 radical (unpaired) electrons. The molecular formula is C19H20N2O3. The van der Waals surface area contributed by atoms with Crippen molar-refractivity contribution in [1.82, 2.24) is 4.98 Å². The highest BCUT2D eigenvalue weighted by molar-refractivity contribution is 6.07. The van der Waals surface area contributed by atoms with Crippen molar-refractivity contribution in [2.24, 2.45) is 0 Å². The Kier molecular flexibility index (Phi) is 3.94. The van der Waals surface area contributed by atoms with Crippen LogP contribution in [0.4, 0.5) is 5.69 Å². The van der Waals surface area contributed by atoms with Gasteiger partial charge in [0, 0.05) is 36.5 Å².